The zero-order valence-electron chi connectivity index (χ0n) is 18.7. The van der Waals surface area contributed by atoms with Crippen LogP contribution in [0, 0.1) is 19.7 Å². The van der Waals surface area contributed by atoms with Crippen LogP contribution in [-0.2, 0) is 9.59 Å². The van der Waals surface area contributed by atoms with E-state index in [0.29, 0.717) is 11.3 Å². The first-order valence-corrected chi connectivity index (χ1v) is 10.5. The molecule has 0 radical (unpaired) electrons. The molecule has 32 heavy (non-hydrogen) atoms. The molecule has 0 aliphatic carbocycles. The Hall–Kier alpha value is -3.67. The predicted molar refractivity (Wildman–Crippen MR) is 126 cm³/mol. The van der Waals surface area contributed by atoms with E-state index in [1.54, 1.807) is 12.1 Å². The van der Waals surface area contributed by atoms with Gasteiger partial charge in [-0.3, -0.25) is 14.5 Å². The molecule has 5 nitrogen and oxygen atoms in total. The van der Waals surface area contributed by atoms with Crippen LogP contribution in [0.15, 0.2) is 66.7 Å². The van der Waals surface area contributed by atoms with Crippen molar-refractivity contribution in [2.75, 3.05) is 35.3 Å². The summed E-state index contributed by atoms with van der Waals surface area (Å²) in [5.41, 5.74) is 4.37. The summed E-state index contributed by atoms with van der Waals surface area (Å²) < 4.78 is 14.7. The summed E-state index contributed by atoms with van der Waals surface area (Å²) in [6.45, 7) is 3.76. The molecule has 4 rings (SSSR count). The molecule has 0 N–H and O–H groups in total. The maximum atomic E-state index is 14.7. The lowest BCUT2D eigenvalue weighted by atomic mass is 9.97. The highest BCUT2D eigenvalue weighted by atomic mass is 19.1. The van der Waals surface area contributed by atoms with E-state index in [0.717, 1.165) is 16.8 Å². The van der Waals surface area contributed by atoms with E-state index in [1.807, 2.05) is 75.3 Å². The van der Waals surface area contributed by atoms with E-state index in [1.165, 1.54) is 21.9 Å². The Kier molecular flexibility index (Phi) is 5.70. The Bertz CT molecular complexity index is 1170. The van der Waals surface area contributed by atoms with E-state index in [9.17, 15) is 14.0 Å². The Morgan fingerprint density at radius 1 is 0.875 bits per heavy atom. The lowest BCUT2D eigenvalue weighted by Gasteiger charge is -2.41. The zero-order valence-corrected chi connectivity index (χ0v) is 18.7. The number of anilines is 3. The molecule has 1 fully saturated rings. The van der Waals surface area contributed by atoms with E-state index >= 15 is 0 Å². The zero-order chi connectivity index (χ0) is 23.0. The molecule has 0 saturated carbocycles. The van der Waals surface area contributed by atoms with Gasteiger partial charge in [0.15, 0.2) is 0 Å². The van der Waals surface area contributed by atoms with Gasteiger partial charge in [-0.25, -0.2) is 4.39 Å². The van der Waals surface area contributed by atoms with Crippen molar-refractivity contribution >= 4 is 28.9 Å². The highest BCUT2D eigenvalue weighted by Gasteiger charge is 2.43. The van der Waals surface area contributed by atoms with Crippen molar-refractivity contribution in [3.05, 3.63) is 89.2 Å². The smallest absolute Gasteiger partial charge is 0.255 e. The molecule has 1 aliphatic heterocycles. The van der Waals surface area contributed by atoms with Gasteiger partial charge < -0.3 is 9.80 Å². The summed E-state index contributed by atoms with van der Waals surface area (Å²) in [7, 11) is 3.86. The maximum Gasteiger partial charge on any atom is 0.255 e. The molecule has 1 unspecified atom stereocenters. The fourth-order valence-electron chi connectivity index (χ4n) is 4.09. The third kappa shape index (κ3) is 3.73. The van der Waals surface area contributed by atoms with Crippen LogP contribution in [0.1, 0.15) is 22.7 Å². The monoisotopic (exact) mass is 431 g/mol. The van der Waals surface area contributed by atoms with Gasteiger partial charge in [0, 0.05) is 25.5 Å². The molecule has 6 heteroatoms. The first-order chi connectivity index (χ1) is 15.3. The molecule has 0 spiro atoms. The number of carbonyl (C=O) groups is 2. The normalized spacial score (nSPS) is 16.5. The molecule has 1 aliphatic rings. The van der Waals surface area contributed by atoms with Crippen LogP contribution in [0.25, 0.3) is 0 Å². The van der Waals surface area contributed by atoms with Gasteiger partial charge in [-0.05, 0) is 60.9 Å². The molecule has 1 saturated heterocycles. The summed E-state index contributed by atoms with van der Waals surface area (Å²) in [6, 6.07) is 18.2. The largest absolute Gasteiger partial charge is 0.378 e. The molecule has 3 aromatic rings. The fourth-order valence-corrected chi connectivity index (χ4v) is 4.09. The summed E-state index contributed by atoms with van der Waals surface area (Å²) >= 11 is 0. The predicted octanol–water partition coefficient (Wildman–Crippen LogP) is 4.63. The van der Waals surface area contributed by atoms with Crippen molar-refractivity contribution in [1.29, 1.82) is 0 Å². The van der Waals surface area contributed by atoms with Crippen LogP contribution < -0.4 is 14.7 Å². The number of rotatable bonds is 4. The number of aryl methyl sites for hydroxylation is 1. The van der Waals surface area contributed by atoms with Crippen molar-refractivity contribution in [3.8, 4) is 0 Å². The van der Waals surface area contributed by atoms with Crippen molar-refractivity contribution in [2.45, 2.75) is 19.9 Å². The Morgan fingerprint density at radius 2 is 1.53 bits per heavy atom. The number of hydrogen-bond acceptors (Lipinski definition) is 3. The molecule has 2 amide bonds. The number of para-hydroxylation sites is 1. The van der Waals surface area contributed by atoms with E-state index in [-0.39, 0.29) is 24.0 Å². The fraction of sp³-hybridized carbons (Fsp3) is 0.231. The average molecular weight is 432 g/mol. The molecule has 0 bridgehead atoms. The van der Waals surface area contributed by atoms with Gasteiger partial charge in [-0.1, -0.05) is 36.4 Å². The number of carbonyl (C=O) groups excluding carboxylic acids is 2. The van der Waals surface area contributed by atoms with Crippen molar-refractivity contribution < 1.29 is 14.0 Å². The second kappa shape index (κ2) is 8.46. The highest BCUT2D eigenvalue weighted by Crippen LogP contribution is 2.37. The van der Waals surface area contributed by atoms with Crippen molar-refractivity contribution in [1.82, 2.24) is 0 Å². The Labute approximate surface area is 187 Å². The second-order valence-corrected chi connectivity index (χ2v) is 8.25. The number of amides is 2. The molecule has 3 aromatic carbocycles. The van der Waals surface area contributed by atoms with Crippen molar-refractivity contribution in [3.63, 3.8) is 0 Å². The first kappa shape index (κ1) is 21.6. The number of nitrogens with zero attached hydrogens (tertiary/aromatic N) is 3. The molecule has 1 atom stereocenters. The van der Waals surface area contributed by atoms with E-state index < -0.39 is 11.9 Å². The standard InChI is InChI=1S/C26H26FN3O2/c1-17-8-7-11-22(18(17)2)29-16-24(31)30(23-10-6-5-9-21(23)27)25(26(29)32)19-12-14-20(15-13-19)28(3)4/h5-15,25H,16H2,1-4H3. The third-order valence-electron chi connectivity index (χ3n) is 6.02. The van der Waals surface area contributed by atoms with Crippen LogP contribution >= 0.6 is 0 Å². The van der Waals surface area contributed by atoms with Crippen LogP contribution in [0.2, 0.25) is 0 Å². The summed E-state index contributed by atoms with van der Waals surface area (Å²) in [5.74, 6) is -1.14. The lowest BCUT2D eigenvalue weighted by Crippen LogP contribution is -2.56. The highest BCUT2D eigenvalue weighted by molar-refractivity contribution is 6.14. The van der Waals surface area contributed by atoms with Gasteiger partial charge in [-0.15, -0.1) is 0 Å². The molecular weight excluding hydrogens is 405 g/mol. The minimum atomic E-state index is -0.968. The Morgan fingerprint density at radius 3 is 2.19 bits per heavy atom. The quantitative estimate of drug-likeness (QED) is 0.605. The van der Waals surface area contributed by atoms with Crippen LogP contribution in [0.5, 0.6) is 0 Å². The van der Waals surface area contributed by atoms with Gasteiger partial charge in [-0.2, -0.15) is 0 Å². The third-order valence-corrected chi connectivity index (χ3v) is 6.02. The van der Waals surface area contributed by atoms with Crippen LogP contribution in [-0.4, -0.2) is 32.5 Å². The number of piperazine rings is 1. The Balaban J connectivity index is 1.85. The van der Waals surface area contributed by atoms with Gasteiger partial charge in [0.2, 0.25) is 5.91 Å². The number of hydrogen-bond donors (Lipinski definition) is 0. The van der Waals surface area contributed by atoms with Crippen LogP contribution in [0.4, 0.5) is 21.5 Å². The summed E-state index contributed by atoms with van der Waals surface area (Å²) in [4.78, 5) is 32.0. The van der Waals surface area contributed by atoms with Crippen LogP contribution in [0.3, 0.4) is 0 Å². The molecule has 0 aromatic heterocycles. The van der Waals surface area contributed by atoms with E-state index in [2.05, 4.69) is 0 Å². The number of benzene rings is 3. The van der Waals surface area contributed by atoms with Gasteiger partial charge in [0.05, 0.1) is 5.69 Å². The average Bonchev–Trinajstić information content (AvgIpc) is 2.77. The minimum absolute atomic E-state index is 0.105. The van der Waals surface area contributed by atoms with Crippen molar-refractivity contribution in [2.24, 2.45) is 0 Å². The second-order valence-electron chi connectivity index (χ2n) is 8.25. The summed E-state index contributed by atoms with van der Waals surface area (Å²) in [5, 5.41) is 0. The first-order valence-electron chi connectivity index (χ1n) is 10.5. The molecular formula is C26H26FN3O2. The topological polar surface area (TPSA) is 43.9 Å². The molecule has 164 valence electrons. The van der Waals surface area contributed by atoms with E-state index in [4.69, 9.17) is 0 Å². The van der Waals surface area contributed by atoms with Gasteiger partial charge >= 0.3 is 0 Å². The SMILES string of the molecule is Cc1cccc(N2CC(=O)N(c3ccccc3F)C(c3ccc(N(C)C)cc3)C2=O)c1C. The number of halogens is 1. The van der Waals surface area contributed by atoms with Gasteiger partial charge in [0.1, 0.15) is 18.4 Å². The minimum Gasteiger partial charge on any atom is -0.378 e. The van der Waals surface area contributed by atoms with Gasteiger partial charge in [0.25, 0.3) is 5.91 Å². The lowest BCUT2D eigenvalue weighted by molar-refractivity contribution is -0.128. The molecule has 1 heterocycles. The maximum absolute atomic E-state index is 14.7. The summed E-state index contributed by atoms with van der Waals surface area (Å²) in [6.07, 6.45) is 0.